The van der Waals surface area contributed by atoms with E-state index in [0.29, 0.717) is 10.6 Å². The Kier molecular flexibility index (Phi) is 6.32. The molecule has 2 heterocycles. The van der Waals surface area contributed by atoms with Gasteiger partial charge in [-0.25, -0.2) is 0 Å². The smallest absolute Gasteiger partial charge is 0.266 e. The summed E-state index contributed by atoms with van der Waals surface area (Å²) in [6.45, 7) is 5.04. The van der Waals surface area contributed by atoms with Gasteiger partial charge >= 0.3 is 0 Å². The molecule has 4 aromatic rings. The van der Waals surface area contributed by atoms with Crippen LogP contribution in [0.4, 0.5) is 0 Å². The maximum Gasteiger partial charge on any atom is 0.266 e. The van der Waals surface area contributed by atoms with Crippen molar-refractivity contribution in [3.05, 3.63) is 63.3 Å². The Labute approximate surface area is 180 Å². The van der Waals surface area contributed by atoms with E-state index in [-0.39, 0.29) is 23.7 Å². The minimum atomic E-state index is -0.0783. The average molecular weight is 429 g/mol. The Morgan fingerprint density at radius 1 is 1.21 bits per heavy atom. The first kappa shape index (κ1) is 21.4. The molecular formula is C23H25ClN2O2S. The Hall–Kier alpha value is -2.34. The number of rotatable bonds is 5. The van der Waals surface area contributed by atoms with Crippen LogP contribution in [0, 0.1) is 6.92 Å². The number of fused-ring (bicyclic) bond motifs is 3. The molecule has 0 aliphatic carbocycles. The van der Waals surface area contributed by atoms with Gasteiger partial charge in [0.1, 0.15) is 10.4 Å². The van der Waals surface area contributed by atoms with E-state index >= 15 is 0 Å². The van der Waals surface area contributed by atoms with Crippen LogP contribution < -0.4 is 10.9 Å². The summed E-state index contributed by atoms with van der Waals surface area (Å²) in [6, 6.07) is 12.1. The number of aromatic amines is 1. The molecule has 0 radical (unpaired) electrons. The van der Waals surface area contributed by atoms with Crippen molar-refractivity contribution in [3.63, 3.8) is 0 Å². The zero-order chi connectivity index (χ0) is 19.8. The van der Waals surface area contributed by atoms with Gasteiger partial charge in [-0.1, -0.05) is 31.2 Å². The van der Waals surface area contributed by atoms with E-state index in [1.807, 2.05) is 25.4 Å². The third-order valence-corrected chi connectivity index (χ3v) is 6.41. The highest BCUT2D eigenvalue weighted by Crippen LogP contribution is 2.41. The molecule has 0 aliphatic heterocycles. The second kappa shape index (κ2) is 8.57. The zero-order valence-corrected chi connectivity index (χ0v) is 18.3. The Bertz CT molecular complexity index is 1210. The molecule has 1 atom stereocenters. The van der Waals surface area contributed by atoms with Crippen LogP contribution in [0.15, 0.2) is 46.6 Å². The predicted molar refractivity (Wildman–Crippen MR) is 126 cm³/mol. The van der Waals surface area contributed by atoms with Crippen molar-refractivity contribution in [2.24, 2.45) is 0 Å². The van der Waals surface area contributed by atoms with Crippen molar-refractivity contribution < 1.29 is 5.11 Å². The zero-order valence-electron chi connectivity index (χ0n) is 16.7. The van der Waals surface area contributed by atoms with Crippen molar-refractivity contribution in [2.45, 2.75) is 26.2 Å². The first-order valence-electron chi connectivity index (χ1n) is 9.55. The molecular weight excluding hydrogens is 404 g/mol. The summed E-state index contributed by atoms with van der Waals surface area (Å²) in [7, 11) is 1.97. The first-order chi connectivity index (χ1) is 13.5. The molecule has 6 heteroatoms. The fourth-order valence-electron chi connectivity index (χ4n) is 4.04. The number of benzene rings is 2. The fourth-order valence-corrected chi connectivity index (χ4v) is 4.84. The van der Waals surface area contributed by atoms with Crippen molar-refractivity contribution in [3.8, 4) is 16.9 Å². The highest BCUT2D eigenvalue weighted by molar-refractivity contribution is 7.17. The number of aromatic nitrogens is 1. The molecule has 0 saturated heterocycles. The molecule has 2 aromatic heterocycles. The van der Waals surface area contributed by atoms with Crippen LogP contribution in [0.5, 0.6) is 5.75 Å². The number of phenolic OH excluding ortho intramolecular Hbond substituents is 1. The number of H-pyrrole nitrogens is 1. The van der Waals surface area contributed by atoms with Gasteiger partial charge in [-0.05, 0) is 60.5 Å². The largest absolute Gasteiger partial charge is 0.507 e. The van der Waals surface area contributed by atoms with E-state index in [1.54, 1.807) is 6.07 Å². The number of hydrogen-bond donors (Lipinski definition) is 3. The minimum absolute atomic E-state index is 0. The van der Waals surface area contributed by atoms with Gasteiger partial charge in [0.25, 0.3) is 5.56 Å². The summed E-state index contributed by atoms with van der Waals surface area (Å²) >= 11 is 1.43. The van der Waals surface area contributed by atoms with Gasteiger partial charge < -0.3 is 15.4 Å². The molecule has 0 saturated carbocycles. The number of phenols is 1. The lowest BCUT2D eigenvalue weighted by atomic mass is 9.91. The van der Waals surface area contributed by atoms with Crippen molar-refractivity contribution in [1.29, 1.82) is 0 Å². The third-order valence-electron chi connectivity index (χ3n) is 5.50. The number of likely N-dealkylation sites (N-methyl/N-ethyl adjacent to an activating group) is 1. The second-order valence-electron chi connectivity index (χ2n) is 7.24. The number of aromatic hydroxyl groups is 1. The predicted octanol–water partition coefficient (Wildman–Crippen LogP) is 5.56. The third kappa shape index (κ3) is 3.66. The van der Waals surface area contributed by atoms with E-state index < -0.39 is 0 Å². The quantitative estimate of drug-likeness (QED) is 0.390. The molecule has 1 unspecified atom stereocenters. The van der Waals surface area contributed by atoms with Crippen molar-refractivity contribution >= 4 is 44.7 Å². The summed E-state index contributed by atoms with van der Waals surface area (Å²) in [5.74, 6) is 0.696. The van der Waals surface area contributed by atoms with Gasteiger partial charge in [-0.2, -0.15) is 0 Å². The molecule has 0 fully saturated rings. The number of halogens is 1. The standard InChI is InChI=1S/C23H24N2O2S.ClH/c1-4-14(12-24-3)15-5-7-16(8-6-15)19-18(26)11-13(2)21-20(19)17-9-10-28-22(17)23(27)25-21;/h5-11,14,24,26H,4,12H2,1-3H3,(H,25,27);1H. The van der Waals surface area contributed by atoms with E-state index in [4.69, 9.17) is 0 Å². The summed E-state index contributed by atoms with van der Waals surface area (Å²) in [5.41, 5.74) is 4.57. The SMILES string of the molecule is CCC(CNC)c1ccc(-c2c(O)cc(C)c3[nH]c(=O)c4sccc4c23)cc1.Cl. The highest BCUT2D eigenvalue weighted by atomic mass is 35.5. The van der Waals surface area contributed by atoms with Gasteiger partial charge in [0.05, 0.1) is 5.52 Å². The molecule has 0 spiro atoms. The van der Waals surface area contributed by atoms with E-state index in [2.05, 4.69) is 41.5 Å². The second-order valence-corrected chi connectivity index (χ2v) is 8.16. The van der Waals surface area contributed by atoms with E-state index in [0.717, 1.165) is 45.9 Å². The lowest BCUT2D eigenvalue weighted by Crippen LogP contribution is -2.16. The summed E-state index contributed by atoms with van der Waals surface area (Å²) in [5, 5.41) is 17.8. The molecule has 2 aromatic carbocycles. The first-order valence-corrected chi connectivity index (χ1v) is 10.4. The molecule has 29 heavy (non-hydrogen) atoms. The topological polar surface area (TPSA) is 65.1 Å². The monoisotopic (exact) mass is 428 g/mol. The number of thiophene rings is 1. The minimum Gasteiger partial charge on any atom is -0.507 e. The van der Waals surface area contributed by atoms with Crippen LogP contribution in [0.25, 0.3) is 32.1 Å². The molecule has 152 valence electrons. The van der Waals surface area contributed by atoms with Crippen LogP contribution in [0.1, 0.15) is 30.4 Å². The number of pyridine rings is 1. The maximum absolute atomic E-state index is 12.4. The van der Waals surface area contributed by atoms with Crippen LogP contribution in [-0.4, -0.2) is 23.7 Å². The van der Waals surface area contributed by atoms with Gasteiger partial charge in [0, 0.05) is 22.9 Å². The molecule has 3 N–H and O–H groups in total. The van der Waals surface area contributed by atoms with Crippen molar-refractivity contribution in [1.82, 2.24) is 10.3 Å². The lowest BCUT2D eigenvalue weighted by molar-refractivity contribution is 0.477. The summed E-state index contributed by atoms with van der Waals surface area (Å²) < 4.78 is 0.690. The molecule has 0 aliphatic rings. The molecule has 4 nitrogen and oxygen atoms in total. The molecule has 0 bridgehead atoms. The molecule has 4 rings (SSSR count). The van der Waals surface area contributed by atoms with Gasteiger partial charge in [-0.15, -0.1) is 23.7 Å². The van der Waals surface area contributed by atoms with Crippen LogP contribution in [0.2, 0.25) is 0 Å². The van der Waals surface area contributed by atoms with Gasteiger partial charge in [0.15, 0.2) is 0 Å². The van der Waals surface area contributed by atoms with E-state index in [9.17, 15) is 9.90 Å². The fraction of sp³-hybridized carbons (Fsp3) is 0.261. The normalized spacial score (nSPS) is 12.2. The molecule has 0 amide bonds. The van der Waals surface area contributed by atoms with Gasteiger partial charge in [-0.3, -0.25) is 4.79 Å². The van der Waals surface area contributed by atoms with Crippen LogP contribution >= 0.6 is 23.7 Å². The number of aryl methyl sites for hydroxylation is 1. The maximum atomic E-state index is 12.4. The lowest BCUT2D eigenvalue weighted by Gasteiger charge is -2.17. The Morgan fingerprint density at radius 3 is 2.59 bits per heavy atom. The number of nitrogens with one attached hydrogen (secondary N) is 2. The highest BCUT2D eigenvalue weighted by Gasteiger charge is 2.18. The van der Waals surface area contributed by atoms with Gasteiger partial charge in [0.2, 0.25) is 0 Å². The Balaban J connectivity index is 0.00000240. The van der Waals surface area contributed by atoms with E-state index in [1.165, 1.54) is 16.9 Å². The summed E-state index contributed by atoms with van der Waals surface area (Å²) in [6.07, 6.45) is 1.07. The summed E-state index contributed by atoms with van der Waals surface area (Å²) in [4.78, 5) is 15.5. The number of hydrogen-bond acceptors (Lipinski definition) is 4. The average Bonchev–Trinajstić information content (AvgIpc) is 3.18. The van der Waals surface area contributed by atoms with Crippen LogP contribution in [0.3, 0.4) is 0 Å². The van der Waals surface area contributed by atoms with Crippen molar-refractivity contribution in [2.75, 3.05) is 13.6 Å². The Morgan fingerprint density at radius 2 is 1.93 bits per heavy atom. The van der Waals surface area contributed by atoms with Crippen LogP contribution in [-0.2, 0) is 0 Å².